The van der Waals surface area contributed by atoms with E-state index in [2.05, 4.69) is 17.0 Å². The number of likely N-dealkylation sites (N-methyl/N-ethyl adjacent to an activating group) is 1. The van der Waals surface area contributed by atoms with Crippen LogP contribution >= 0.6 is 11.8 Å². The van der Waals surface area contributed by atoms with Crippen molar-refractivity contribution in [3.05, 3.63) is 46.9 Å². The summed E-state index contributed by atoms with van der Waals surface area (Å²) in [6, 6.07) is 11.9. The Morgan fingerprint density at radius 3 is 2.52 bits per heavy atom. The predicted octanol–water partition coefficient (Wildman–Crippen LogP) is 5.04. The topological polar surface area (TPSA) is 63.6 Å². The lowest BCUT2D eigenvalue weighted by molar-refractivity contribution is -0.122. The first-order chi connectivity index (χ1) is 16.2. The minimum atomic E-state index is -0.0640. The number of hydrogen-bond donors (Lipinski definition) is 0. The molecule has 3 aliphatic heterocycles. The molecule has 0 saturated carbocycles. The van der Waals surface area contributed by atoms with Crippen LogP contribution in [0.1, 0.15) is 31.7 Å². The first-order valence-electron chi connectivity index (χ1n) is 11.3. The Bertz CT molecular complexity index is 1110. The van der Waals surface area contributed by atoms with E-state index in [-0.39, 0.29) is 12.7 Å². The van der Waals surface area contributed by atoms with Crippen molar-refractivity contribution in [2.24, 2.45) is 4.99 Å². The van der Waals surface area contributed by atoms with Gasteiger partial charge in [-0.05, 0) is 74.4 Å². The highest BCUT2D eigenvalue weighted by molar-refractivity contribution is 8.18. The van der Waals surface area contributed by atoms with Crippen molar-refractivity contribution >= 4 is 40.3 Å². The SMILES string of the molecule is CCN1C(=O)/C(=C\c2cc3c(cc2OC)OCO3)SC1=Nc1ccc(N2CCCCC2)cc1. The van der Waals surface area contributed by atoms with E-state index in [4.69, 9.17) is 19.2 Å². The highest BCUT2D eigenvalue weighted by Crippen LogP contribution is 2.41. The summed E-state index contributed by atoms with van der Waals surface area (Å²) in [6.07, 6.45) is 5.64. The molecule has 0 aliphatic carbocycles. The van der Waals surface area contributed by atoms with E-state index in [9.17, 15) is 4.79 Å². The average Bonchev–Trinajstić information content (AvgIpc) is 3.43. The van der Waals surface area contributed by atoms with Gasteiger partial charge in [0, 0.05) is 37.0 Å². The summed E-state index contributed by atoms with van der Waals surface area (Å²) in [5.41, 5.74) is 2.84. The number of fused-ring (bicyclic) bond motifs is 1. The third-order valence-electron chi connectivity index (χ3n) is 6.01. The van der Waals surface area contributed by atoms with Crippen molar-refractivity contribution < 1.29 is 19.0 Å². The number of anilines is 1. The number of benzene rings is 2. The smallest absolute Gasteiger partial charge is 0.266 e. The van der Waals surface area contributed by atoms with E-state index < -0.39 is 0 Å². The number of rotatable bonds is 5. The van der Waals surface area contributed by atoms with Gasteiger partial charge < -0.3 is 19.1 Å². The minimum Gasteiger partial charge on any atom is -0.496 e. The van der Waals surface area contributed by atoms with Gasteiger partial charge in [-0.15, -0.1) is 0 Å². The summed E-state index contributed by atoms with van der Waals surface area (Å²) in [6.45, 7) is 4.91. The maximum Gasteiger partial charge on any atom is 0.266 e. The third kappa shape index (κ3) is 4.39. The Labute approximate surface area is 198 Å². The van der Waals surface area contributed by atoms with Gasteiger partial charge in [-0.1, -0.05) is 0 Å². The van der Waals surface area contributed by atoms with Gasteiger partial charge >= 0.3 is 0 Å². The highest BCUT2D eigenvalue weighted by atomic mass is 32.2. The number of piperidine rings is 1. The van der Waals surface area contributed by atoms with Gasteiger partial charge in [-0.25, -0.2) is 4.99 Å². The number of hydrogen-bond acceptors (Lipinski definition) is 7. The van der Waals surface area contributed by atoms with Crippen LogP contribution in [0.2, 0.25) is 0 Å². The molecule has 0 N–H and O–H groups in total. The number of ether oxygens (including phenoxy) is 3. The number of carbonyl (C=O) groups is 1. The molecule has 0 atom stereocenters. The summed E-state index contributed by atoms with van der Waals surface area (Å²) >= 11 is 1.38. The molecule has 0 aromatic heterocycles. The largest absolute Gasteiger partial charge is 0.496 e. The second-order valence-corrected chi connectivity index (χ2v) is 9.08. The average molecular weight is 466 g/mol. The van der Waals surface area contributed by atoms with E-state index >= 15 is 0 Å². The number of thioether (sulfide) groups is 1. The lowest BCUT2D eigenvalue weighted by Crippen LogP contribution is -2.29. The fourth-order valence-corrected chi connectivity index (χ4v) is 5.29. The van der Waals surface area contributed by atoms with Crippen molar-refractivity contribution in [2.45, 2.75) is 26.2 Å². The predicted molar refractivity (Wildman–Crippen MR) is 132 cm³/mol. The first-order valence-corrected chi connectivity index (χ1v) is 12.1. The fourth-order valence-electron chi connectivity index (χ4n) is 4.24. The van der Waals surface area contributed by atoms with Crippen LogP contribution in [-0.4, -0.2) is 49.5 Å². The molecule has 0 bridgehead atoms. The molecular weight excluding hydrogens is 438 g/mol. The Kier molecular flexibility index (Phi) is 6.17. The standard InChI is InChI=1S/C25H27N3O4S/c1-3-28-24(29)23(14-17-13-21-22(32-16-31-21)15-20(17)30-2)33-25(28)26-18-7-9-19(10-8-18)27-11-5-4-6-12-27/h7-10,13-15H,3-6,11-12,16H2,1-2H3/b23-14+,26-25?. The molecule has 2 fully saturated rings. The lowest BCUT2D eigenvalue weighted by atomic mass is 10.1. The fraction of sp³-hybridized carbons (Fsp3) is 0.360. The molecule has 3 heterocycles. The molecule has 3 aliphatic rings. The van der Waals surface area contributed by atoms with Gasteiger partial charge in [0.1, 0.15) is 5.75 Å². The van der Waals surface area contributed by atoms with Crippen LogP contribution in [0.15, 0.2) is 46.3 Å². The number of amidine groups is 1. The van der Waals surface area contributed by atoms with Crippen LogP contribution in [0.5, 0.6) is 17.2 Å². The van der Waals surface area contributed by atoms with Crippen LogP contribution in [0.4, 0.5) is 11.4 Å². The molecule has 172 valence electrons. The monoisotopic (exact) mass is 465 g/mol. The quantitative estimate of drug-likeness (QED) is 0.577. The number of nitrogens with zero attached hydrogens (tertiary/aromatic N) is 3. The van der Waals surface area contributed by atoms with Gasteiger partial charge in [0.25, 0.3) is 5.91 Å². The molecule has 2 aromatic rings. The van der Waals surface area contributed by atoms with E-state index in [0.717, 1.165) is 24.3 Å². The number of amides is 1. The highest BCUT2D eigenvalue weighted by Gasteiger charge is 2.32. The van der Waals surface area contributed by atoms with E-state index in [0.29, 0.717) is 33.9 Å². The van der Waals surface area contributed by atoms with Crippen molar-refractivity contribution in [2.75, 3.05) is 38.4 Å². The van der Waals surface area contributed by atoms with Crippen LogP contribution < -0.4 is 19.1 Å². The van der Waals surface area contributed by atoms with Crippen molar-refractivity contribution in [1.82, 2.24) is 4.90 Å². The molecule has 8 heteroatoms. The van der Waals surface area contributed by atoms with Gasteiger partial charge in [-0.2, -0.15) is 0 Å². The van der Waals surface area contributed by atoms with Crippen LogP contribution in [0.3, 0.4) is 0 Å². The summed E-state index contributed by atoms with van der Waals surface area (Å²) in [5.74, 6) is 1.85. The Hall–Kier alpha value is -3.13. The molecule has 0 unspecified atom stereocenters. The van der Waals surface area contributed by atoms with Crippen molar-refractivity contribution in [3.8, 4) is 17.2 Å². The third-order valence-corrected chi connectivity index (χ3v) is 7.02. The molecular formula is C25H27N3O4S. The molecule has 0 spiro atoms. The zero-order valence-electron chi connectivity index (χ0n) is 18.9. The first kappa shape index (κ1) is 21.7. The maximum absolute atomic E-state index is 13.1. The van der Waals surface area contributed by atoms with Gasteiger partial charge in [0.2, 0.25) is 6.79 Å². The molecule has 2 saturated heterocycles. The summed E-state index contributed by atoms with van der Waals surface area (Å²) in [5, 5.41) is 0.680. The molecule has 1 amide bonds. The molecule has 2 aromatic carbocycles. The second-order valence-electron chi connectivity index (χ2n) is 8.07. The maximum atomic E-state index is 13.1. The van der Waals surface area contributed by atoms with Gasteiger partial charge in [-0.3, -0.25) is 9.69 Å². The zero-order chi connectivity index (χ0) is 22.8. The normalized spacial score (nSPS) is 20.2. The lowest BCUT2D eigenvalue weighted by Gasteiger charge is -2.28. The van der Waals surface area contributed by atoms with E-state index in [1.54, 1.807) is 18.1 Å². The van der Waals surface area contributed by atoms with Crippen LogP contribution in [0.25, 0.3) is 6.08 Å². The van der Waals surface area contributed by atoms with E-state index in [1.807, 2.05) is 31.2 Å². The zero-order valence-corrected chi connectivity index (χ0v) is 19.7. The summed E-state index contributed by atoms with van der Waals surface area (Å²) in [4.78, 5) is 22.6. The summed E-state index contributed by atoms with van der Waals surface area (Å²) < 4.78 is 16.4. The molecule has 0 radical (unpaired) electrons. The second kappa shape index (κ2) is 9.39. The number of carbonyl (C=O) groups excluding carboxylic acids is 1. The summed E-state index contributed by atoms with van der Waals surface area (Å²) in [7, 11) is 1.60. The van der Waals surface area contributed by atoms with Gasteiger partial charge in [0.05, 0.1) is 17.7 Å². The van der Waals surface area contributed by atoms with Crippen molar-refractivity contribution in [1.29, 1.82) is 0 Å². The van der Waals surface area contributed by atoms with E-state index in [1.165, 1.54) is 36.7 Å². The minimum absolute atomic E-state index is 0.0640. The number of methoxy groups -OCH3 is 1. The Morgan fingerprint density at radius 1 is 1.09 bits per heavy atom. The van der Waals surface area contributed by atoms with Crippen molar-refractivity contribution in [3.63, 3.8) is 0 Å². The number of aliphatic imine (C=N–C) groups is 1. The van der Waals surface area contributed by atoms with Gasteiger partial charge in [0.15, 0.2) is 16.7 Å². The molecule has 7 nitrogen and oxygen atoms in total. The molecule has 33 heavy (non-hydrogen) atoms. The van der Waals surface area contributed by atoms with Crippen LogP contribution in [-0.2, 0) is 4.79 Å². The molecule has 5 rings (SSSR count). The van der Waals surface area contributed by atoms with Crippen LogP contribution in [0, 0.1) is 0 Å². The Morgan fingerprint density at radius 2 is 1.82 bits per heavy atom. The Balaban J connectivity index is 1.40.